The van der Waals surface area contributed by atoms with E-state index in [1.54, 1.807) is 12.1 Å². The average Bonchev–Trinajstić information content (AvgIpc) is 2.39. The van der Waals surface area contributed by atoms with Crippen molar-refractivity contribution in [3.8, 4) is 0 Å². The Labute approximate surface area is 106 Å². The van der Waals surface area contributed by atoms with E-state index in [1.807, 2.05) is 12.1 Å². The number of carbonyl (C=O) groups is 1. The molecule has 6 heteroatoms. The number of nitrogens with one attached hydrogen (secondary N) is 1. The zero-order valence-corrected chi connectivity index (χ0v) is 10.1. The number of benzene rings is 1. The van der Waals surface area contributed by atoms with E-state index in [0.29, 0.717) is 5.56 Å². The van der Waals surface area contributed by atoms with Crippen LogP contribution in [0.4, 0.5) is 5.69 Å². The molecule has 1 fully saturated rings. The number of aliphatic imine (C=N–C) groups is 1. The van der Waals surface area contributed by atoms with Crippen LogP contribution in [0, 0.1) is 0 Å². The van der Waals surface area contributed by atoms with Gasteiger partial charge in [0.15, 0.2) is 5.96 Å². The summed E-state index contributed by atoms with van der Waals surface area (Å²) in [5.74, 6) is -0.631. The number of hydrogen-bond donors (Lipinski definition) is 3. The van der Waals surface area contributed by atoms with E-state index in [9.17, 15) is 4.79 Å². The van der Waals surface area contributed by atoms with Crippen LogP contribution in [0.2, 0.25) is 0 Å². The van der Waals surface area contributed by atoms with Crippen LogP contribution in [0.25, 0.3) is 0 Å². The van der Waals surface area contributed by atoms with E-state index in [4.69, 9.17) is 11.5 Å². The molecule has 0 unspecified atom stereocenters. The van der Waals surface area contributed by atoms with E-state index in [2.05, 4.69) is 15.2 Å². The van der Waals surface area contributed by atoms with Gasteiger partial charge in [0.2, 0.25) is 0 Å². The smallest absolute Gasteiger partial charge is 0.280 e. The zero-order valence-electron chi connectivity index (χ0n) is 10.1. The fourth-order valence-electron chi connectivity index (χ4n) is 1.92. The Hall–Kier alpha value is -2.08. The standard InChI is InChI=1S/C12H17N5O/c13-12(14)16-11(18)9-1-3-10(4-2-9)17-7-5-15-6-8-17/h1-4,15H,5-8H2,(H4,13,14,16,18). The van der Waals surface area contributed by atoms with Gasteiger partial charge in [-0.1, -0.05) is 0 Å². The Kier molecular flexibility index (Phi) is 3.78. The molecule has 0 aliphatic carbocycles. The number of rotatable bonds is 2. The highest BCUT2D eigenvalue weighted by Crippen LogP contribution is 2.16. The number of guanidine groups is 1. The molecule has 1 heterocycles. The van der Waals surface area contributed by atoms with Crippen molar-refractivity contribution in [1.82, 2.24) is 5.32 Å². The third-order valence-electron chi connectivity index (χ3n) is 2.83. The van der Waals surface area contributed by atoms with Gasteiger partial charge in [0.1, 0.15) is 0 Å². The first-order chi connectivity index (χ1) is 8.66. The fourth-order valence-corrected chi connectivity index (χ4v) is 1.92. The van der Waals surface area contributed by atoms with Crippen LogP contribution in [-0.4, -0.2) is 38.0 Å². The Morgan fingerprint density at radius 3 is 2.33 bits per heavy atom. The van der Waals surface area contributed by atoms with Crippen molar-refractivity contribution < 1.29 is 4.79 Å². The van der Waals surface area contributed by atoms with Gasteiger partial charge in [-0.3, -0.25) is 4.79 Å². The van der Waals surface area contributed by atoms with Crippen molar-refractivity contribution in [1.29, 1.82) is 0 Å². The SMILES string of the molecule is NC(N)=NC(=O)c1ccc(N2CCNCC2)cc1. The third kappa shape index (κ3) is 2.98. The van der Waals surface area contributed by atoms with Crippen molar-refractivity contribution >= 4 is 17.6 Å². The molecule has 1 aromatic carbocycles. The first-order valence-corrected chi connectivity index (χ1v) is 5.86. The van der Waals surface area contributed by atoms with Crippen LogP contribution >= 0.6 is 0 Å². The van der Waals surface area contributed by atoms with Crippen molar-refractivity contribution in [3.05, 3.63) is 29.8 Å². The minimum Gasteiger partial charge on any atom is -0.370 e. The predicted molar refractivity (Wildman–Crippen MR) is 71.7 cm³/mol. The van der Waals surface area contributed by atoms with Crippen LogP contribution in [-0.2, 0) is 0 Å². The van der Waals surface area contributed by atoms with Crippen LogP contribution in [0.1, 0.15) is 10.4 Å². The van der Waals surface area contributed by atoms with Gasteiger partial charge in [0.25, 0.3) is 5.91 Å². The Balaban J connectivity index is 2.09. The molecule has 0 spiro atoms. The number of anilines is 1. The monoisotopic (exact) mass is 247 g/mol. The topological polar surface area (TPSA) is 96.7 Å². The predicted octanol–water partition coefficient (Wildman–Crippen LogP) is -0.490. The van der Waals surface area contributed by atoms with Crippen molar-refractivity contribution in [2.75, 3.05) is 31.1 Å². The second-order valence-electron chi connectivity index (χ2n) is 4.13. The molecule has 1 saturated heterocycles. The maximum Gasteiger partial charge on any atom is 0.280 e. The molecular weight excluding hydrogens is 230 g/mol. The average molecular weight is 247 g/mol. The van der Waals surface area contributed by atoms with E-state index in [-0.39, 0.29) is 5.96 Å². The Morgan fingerprint density at radius 2 is 1.78 bits per heavy atom. The Bertz CT molecular complexity index is 444. The van der Waals surface area contributed by atoms with Crippen LogP contribution < -0.4 is 21.7 Å². The van der Waals surface area contributed by atoms with Gasteiger partial charge in [0, 0.05) is 37.4 Å². The molecule has 1 aliphatic rings. The van der Waals surface area contributed by atoms with E-state index < -0.39 is 5.91 Å². The third-order valence-corrected chi connectivity index (χ3v) is 2.83. The molecule has 18 heavy (non-hydrogen) atoms. The summed E-state index contributed by atoms with van der Waals surface area (Å²) < 4.78 is 0. The molecule has 0 bridgehead atoms. The van der Waals surface area contributed by atoms with Gasteiger partial charge in [-0.25, -0.2) is 0 Å². The summed E-state index contributed by atoms with van der Waals surface area (Å²) in [6.07, 6.45) is 0. The molecule has 1 amide bonds. The summed E-state index contributed by atoms with van der Waals surface area (Å²) in [5.41, 5.74) is 11.9. The molecule has 1 aromatic rings. The van der Waals surface area contributed by atoms with Crippen LogP contribution in [0.3, 0.4) is 0 Å². The summed E-state index contributed by atoms with van der Waals surface area (Å²) >= 11 is 0. The summed E-state index contributed by atoms with van der Waals surface area (Å²) in [6, 6.07) is 7.32. The minimum atomic E-state index is -0.415. The first-order valence-electron chi connectivity index (χ1n) is 5.86. The highest BCUT2D eigenvalue weighted by molar-refractivity contribution is 6.02. The van der Waals surface area contributed by atoms with Gasteiger partial charge in [-0.05, 0) is 24.3 Å². The molecule has 2 rings (SSSR count). The molecule has 96 valence electrons. The normalized spacial score (nSPS) is 15.2. The second-order valence-corrected chi connectivity index (χ2v) is 4.13. The maximum absolute atomic E-state index is 11.6. The van der Waals surface area contributed by atoms with Crippen LogP contribution in [0.15, 0.2) is 29.3 Å². The first kappa shape index (κ1) is 12.4. The largest absolute Gasteiger partial charge is 0.370 e. The fraction of sp³-hybridized carbons (Fsp3) is 0.333. The number of amides is 1. The quantitative estimate of drug-likeness (QED) is 0.484. The molecule has 0 saturated carbocycles. The number of carbonyl (C=O) groups excluding carboxylic acids is 1. The Morgan fingerprint density at radius 1 is 1.17 bits per heavy atom. The zero-order chi connectivity index (χ0) is 13.0. The minimum absolute atomic E-state index is 0.216. The summed E-state index contributed by atoms with van der Waals surface area (Å²) in [4.78, 5) is 17.3. The highest BCUT2D eigenvalue weighted by atomic mass is 16.1. The van der Waals surface area contributed by atoms with Crippen LogP contribution in [0.5, 0.6) is 0 Å². The number of nitrogens with two attached hydrogens (primary N) is 2. The van der Waals surface area contributed by atoms with Crippen molar-refractivity contribution in [2.24, 2.45) is 16.5 Å². The van der Waals surface area contributed by atoms with Gasteiger partial charge in [-0.15, -0.1) is 0 Å². The lowest BCUT2D eigenvalue weighted by Gasteiger charge is -2.29. The molecule has 0 atom stereocenters. The number of piperazine rings is 1. The summed E-state index contributed by atoms with van der Waals surface area (Å²) in [7, 11) is 0. The van der Waals surface area contributed by atoms with Gasteiger partial charge in [-0.2, -0.15) is 4.99 Å². The second kappa shape index (κ2) is 5.50. The summed E-state index contributed by atoms with van der Waals surface area (Å²) in [6.45, 7) is 3.91. The lowest BCUT2D eigenvalue weighted by atomic mass is 10.1. The lowest BCUT2D eigenvalue weighted by molar-refractivity contribution is 0.100. The van der Waals surface area contributed by atoms with Crippen molar-refractivity contribution in [2.45, 2.75) is 0 Å². The van der Waals surface area contributed by atoms with E-state index in [0.717, 1.165) is 31.9 Å². The summed E-state index contributed by atoms with van der Waals surface area (Å²) in [5, 5.41) is 3.29. The molecule has 0 aromatic heterocycles. The van der Waals surface area contributed by atoms with Gasteiger partial charge < -0.3 is 21.7 Å². The molecular formula is C12H17N5O. The van der Waals surface area contributed by atoms with Gasteiger partial charge >= 0.3 is 0 Å². The molecule has 5 N–H and O–H groups in total. The lowest BCUT2D eigenvalue weighted by Crippen LogP contribution is -2.43. The van der Waals surface area contributed by atoms with E-state index >= 15 is 0 Å². The van der Waals surface area contributed by atoms with Crippen molar-refractivity contribution in [3.63, 3.8) is 0 Å². The molecule has 6 nitrogen and oxygen atoms in total. The molecule has 1 aliphatic heterocycles. The number of hydrogen-bond acceptors (Lipinski definition) is 3. The highest BCUT2D eigenvalue weighted by Gasteiger charge is 2.11. The molecule has 0 radical (unpaired) electrons. The van der Waals surface area contributed by atoms with Gasteiger partial charge in [0.05, 0.1) is 0 Å². The number of nitrogens with zero attached hydrogens (tertiary/aromatic N) is 2. The van der Waals surface area contributed by atoms with E-state index in [1.165, 1.54) is 0 Å². The maximum atomic E-state index is 11.6.